The zero-order valence-corrected chi connectivity index (χ0v) is 21.3. The van der Waals surface area contributed by atoms with E-state index >= 15 is 0 Å². The summed E-state index contributed by atoms with van der Waals surface area (Å²) in [4.78, 5) is 0. The molecule has 2 aromatic carbocycles. The molecule has 0 fully saturated rings. The summed E-state index contributed by atoms with van der Waals surface area (Å²) in [6.07, 6.45) is 8.43. The summed E-state index contributed by atoms with van der Waals surface area (Å²) in [5.41, 5.74) is 6.46. The molecular formula is C30H38O4. The van der Waals surface area contributed by atoms with E-state index in [-0.39, 0.29) is 28.8 Å². The van der Waals surface area contributed by atoms with Gasteiger partial charge in [0, 0.05) is 28.2 Å². The van der Waals surface area contributed by atoms with Crippen molar-refractivity contribution in [3.63, 3.8) is 0 Å². The molecule has 1 heterocycles. The van der Waals surface area contributed by atoms with Gasteiger partial charge in [0.2, 0.25) is 0 Å². The zero-order chi connectivity index (χ0) is 25.2. The van der Waals surface area contributed by atoms with Crippen LogP contribution in [0.15, 0.2) is 54.2 Å². The van der Waals surface area contributed by atoms with Gasteiger partial charge in [-0.3, -0.25) is 0 Å². The number of rotatable bonds is 7. The Labute approximate surface area is 203 Å². The summed E-state index contributed by atoms with van der Waals surface area (Å²) >= 11 is 0. The quantitative estimate of drug-likeness (QED) is 0.297. The highest BCUT2D eigenvalue weighted by molar-refractivity contribution is 5.56. The van der Waals surface area contributed by atoms with Gasteiger partial charge in [0.05, 0.1) is 0 Å². The highest BCUT2D eigenvalue weighted by Crippen LogP contribution is 2.45. The maximum absolute atomic E-state index is 10.7. The van der Waals surface area contributed by atoms with Crippen LogP contribution < -0.4 is 4.74 Å². The molecule has 4 nitrogen and oxygen atoms in total. The normalized spacial score (nSPS) is 15.2. The summed E-state index contributed by atoms with van der Waals surface area (Å²) in [5, 5.41) is 32.0. The van der Waals surface area contributed by atoms with E-state index in [9.17, 15) is 15.3 Å². The van der Waals surface area contributed by atoms with Crippen molar-refractivity contribution >= 4 is 0 Å². The topological polar surface area (TPSA) is 69.9 Å². The van der Waals surface area contributed by atoms with Gasteiger partial charge in [0.15, 0.2) is 11.5 Å². The number of benzene rings is 2. The molecule has 1 atom stereocenters. The predicted octanol–water partition coefficient (Wildman–Crippen LogP) is 7.35. The van der Waals surface area contributed by atoms with Crippen molar-refractivity contribution < 1.29 is 20.1 Å². The largest absolute Gasteiger partial charge is 0.507 e. The fourth-order valence-electron chi connectivity index (χ4n) is 4.40. The molecule has 0 radical (unpaired) electrons. The van der Waals surface area contributed by atoms with Gasteiger partial charge in [-0.25, -0.2) is 0 Å². The Kier molecular flexibility index (Phi) is 7.50. The molecule has 0 bridgehead atoms. The third-order valence-corrected chi connectivity index (χ3v) is 6.64. The van der Waals surface area contributed by atoms with Crippen LogP contribution in [-0.4, -0.2) is 15.3 Å². The molecule has 0 saturated heterocycles. The standard InChI is InChI=1S/C30H38O4/c1-8-30(6,7)24-15-20-11-14-27(34-28(20)17-25(24)31)23-16-26(32)29(33)22(13-10-19(4)5)21(23)12-9-18(2)3/h8-10,15-17,27,31-33H,1,11-14H2,2-7H3/t27-/m0/s1. The van der Waals surface area contributed by atoms with Crippen molar-refractivity contribution in [1.29, 1.82) is 0 Å². The van der Waals surface area contributed by atoms with Gasteiger partial charge in [-0.15, -0.1) is 6.58 Å². The fraction of sp³-hybridized carbons (Fsp3) is 0.400. The molecule has 1 aliphatic rings. The minimum Gasteiger partial charge on any atom is -0.507 e. The highest BCUT2D eigenvalue weighted by Gasteiger charge is 2.29. The second kappa shape index (κ2) is 10.0. The van der Waals surface area contributed by atoms with Crippen molar-refractivity contribution in [2.24, 2.45) is 0 Å². The van der Waals surface area contributed by atoms with Crippen LogP contribution in [-0.2, 0) is 24.7 Å². The summed E-state index contributed by atoms with van der Waals surface area (Å²) in [6, 6.07) is 5.35. The van der Waals surface area contributed by atoms with E-state index < -0.39 is 0 Å². The maximum Gasteiger partial charge on any atom is 0.161 e. The number of allylic oxidation sites excluding steroid dienone is 5. The first kappa shape index (κ1) is 25.5. The van der Waals surface area contributed by atoms with Gasteiger partial charge in [-0.05, 0) is 76.6 Å². The minimum atomic E-state index is -0.351. The summed E-state index contributed by atoms with van der Waals surface area (Å²) in [5.74, 6) is 0.646. The van der Waals surface area contributed by atoms with Crippen molar-refractivity contribution in [3.8, 4) is 23.0 Å². The van der Waals surface area contributed by atoms with Crippen LogP contribution in [0, 0.1) is 0 Å². The van der Waals surface area contributed by atoms with Crippen molar-refractivity contribution in [3.05, 3.63) is 82.0 Å². The predicted molar refractivity (Wildman–Crippen MR) is 139 cm³/mol. The fourth-order valence-corrected chi connectivity index (χ4v) is 4.40. The van der Waals surface area contributed by atoms with E-state index in [4.69, 9.17) is 4.74 Å². The van der Waals surface area contributed by atoms with Gasteiger partial charge in [0.25, 0.3) is 0 Å². The molecule has 0 aliphatic carbocycles. The number of ether oxygens (including phenoxy) is 1. The average Bonchev–Trinajstić information content (AvgIpc) is 2.77. The van der Waals surface area contributed by atoms with E-state index in [2.05, 4.69) is 18.7 Å². The number of fused-ring (bicyclic) bond motifs is 1. The number of hydrogen-bond acceptors (Lipinski definition) is 4. The second-order valence-corrected chi connectivity index (χ2v) is 10.3. The molecule has 2 aromatic rings. The van der Waals surface area contributed by atoms with Crippen LogP contribution in [0.5, 0.6) is 23.0 Å². The Bertz CT molecular complexity index is 1140. The SMILES string of the molecule is C=CC(C)(C)c1cc2c(cc1O)O[C@H](c1cc(O)c(O)c(CC=C(C)C)c1CC=C(C)C)CC2. The highest BCUT2D eigenvalue weighted by atomic mass is 16.5. The molecule has 0 unspecified atom stereocenters. The molecule has 182 valence electrons. The summed E-state index contributed by atoms with van der Waals surface area (Å²) in [7, 11) is 0. The third kappa shape index (κ3) is 5.32. The molecule has 0 spiro atoms. The van der Waals surface area contributed by atoms with Crippen LogP contribution >= 0.6 is 0 Å². The molecule has 3 N–H and O–H groups in total. The Balaban J connectivity index is 2.08. The van der Waals surface area contributed by atoms with Crippen molar-refractivity contribution in [2.45, 2.75) is 78.7 Å². The molecular weight excluding hydrogens is 424 g/mol. The van der Waals surface area contributed by atoms with Crippen molar-refractivity contribution in [1.82, 2.24) is 0 Å². The first-order valence-electron chi connectivity index (χ1n) is 11.9. The van der Waals surface area contributed by atoms with Crippen LogP contribution in [0.4, 0.5) is 0 Å². The van der Waals surface area contributed by atoms with Crippen LogP contribution in [0.3, 0.4) is 0 Å². The van der Waals surface area contributed by atoms with Gasteiger partial charge in [-0.1, -0.05) is 43.2 Å². The van der Waals surface area contributed by atoms with E-state index in [0.29, 0.717) is 18.6 Å². The van der Waals surface area contributed by atoms with Gasteiger partial charge in [-0.2, -0.15) is 0 Å². The Hall–Kier alpha value is -3.14. The molecule has 34 heavy (non-hydrogen) atoms. The van der Waals surface area contributed by atoms with Crippen LogP contribution in [0.1, 0.15) is 81.9 Å². The maximum atomic E-state index is 10.7. The van der Waals surface area contributed by atoms with E-state index in [1.807, 2.05) is 53.7 Å². The smallest absolute Gasteiger partial charge is 0.161 e. The number of aromatic hydroxyl groups is 3. The van der Waals surface area contributed by atoms with Gasteiger partial charge in [0.1, 0.15) is 17.6 Å². The second-order valence-electron chi connectivity index (χ2n) is 10.3. The first-order chi connectivity index (χ1) is 15.9. The van der Waals surface area contributed by atoms with Gasteiger partial charge < -0.3 is 20.1 Å². The lowest BCUT2D eigenvalue weighted by Gasteiger charge is -2.31. The summed E-state index contributed by atoms with van der Waals surface area (Å²) in [6.45, 7) is 16.1. The minimum absolute atomic E-state index is 0.0661. The molecule has 4 heteroatoms. The average molecular weight is 463 g/mol. The van der Waals surface area contributed by atoms with Crippen LogP contribution in [0.2, 0.25) is 0 Å². The zero-order valence-electron chi connectivity index (χ0n) is 21.3. The lowest BCUT2D eigenvalue weighted by molar-refractivity contribution is 0.174. The Morgan fingerprint density at radius 1 is 0.971 bits per heavy atom. The number of aryl methyl sites for hydroxylation is 1. The van der Waals surface area contributed by atoms with Crippen molar-refractivity contribution in [2.75, 3.05) is 0 Å². The third-order valence-electron chi connectivity index (χ3n) is 6.64. The number of hydrogen-bond donors (Lipinski definition) is 3. The van der Waals surface area contributed by atoms with E-state index in [1.165, 1.54) is 5.57 Å². The molecule has 0 aromatic heterocycles. The Morgan fingerprint density at radius 2 is 1.59 bits per heavy atom. The van der Waals surface area contributed by atoms with Gasteiger partial charge >= 0.3 is 0 Å². The van der Waals surface area contributed by atoms with E-state index in [0.717, 1.165) is 46.2 Å². The molecule has 1 aliphatic heterocycles. The van der Waals surface area contributed by atoms with E-state index in [1.54, 1.807) is 12.1 Å². The number of phenols is 3. The first-order valence-corrected chi connectivity index (χ1v) is 11.9. The summed E-state index contributed by atoms with van der Waals surface area (Å²) < 4.78 is 6.41. The Morgan fingerprint density at radius 3 is 2.18 bits per heavy atom. The monoisotopic (exact) mass is 462 g/mol. The lowest BCUT2D eigenvalue weighted by Crippen LogP contribution is -2.19. The number of phenolic OH excluding ortho intramolecular Hbond substituents is 3. The van der Waals surface area contributed by atoms with Crippen LogP contribution in [0.25, 0.3) is 0 Å². The molecule has 0 amide bonds. The molecule has 0 saturated carbocycles. The molecule has 3 rings (SSSR count). The lowest BCUT2D eigenvalue weighted by atomic mass is 9.82.